The fourth-order valence-corrected chi connectivity index (χ4v) is 6.38. The molecule has 1 fully saturated rings. The first-order chi connectivity index (χ1) is 16.6. The molecule has 1 aliphatic rings. The lowest BCUT2D eigenvalue weighted by atomic mass is 10.2. The quantitative estimate of drug-likeness (QED) is 0.366. The maximum Gasteiger partial charge on any atom is 0.151 e. The Morgan fingerprint density at radius 1 is 1.11 bits per heavy atom. The number of benzene rings is 2. The van der Waals surface area contributed by atoms with Gasteiger partial charge in [0.15, 0.2) is 9.84 Å². The Morgan fingerprint density at radius 2 is 1.89 bits per heavy atom. The highest BCUT2D eigenvalue weighted by molar-refractivity contribution is 7.91. The molecule has 188 valence electrons. The zero-order chi connectivity index (χ0) is 25.2. The molecular weight excluding hydrogens is 533 g/mol. The summed E-state index contributed by atoms with van der Waals surface area (Å²) in [5.41, 5.74) is 1.55. The number of aliphatic hydroxyl groups is 1. The number of nitrogens with zero attached hydrogens (tertiary/aromatic N) is 1. The lowest BCUT2D eigenvalue weighted by Gasteiger charge is -2.29. The molecule has 1 aliphatic heterocycles. The largest absolute Gasteiger partial charge is 0.491 e. The highest BCUT2D eigenvalue weighted by atomic mass is 35.5. The SMILES string of the molecule is Cc1cc(OCC(O)CN(Cc2ccc(-c3cc(Cl)ccc3Cl)o2)C2CCS(=O)(=O)C2)ccc1Cl. The standard InChI is InChI=1S/C25H26Cl3NO5S/c1-16-10-20(3-6-23(16)27)33-14-19(30)12-29(18-8-9-35(31,32)15-18)13-21-4-7-25(34-21)22-11-17(26)2-5-24(22)28/h2-7,10-11,18-19,30H,8-9,12-15H2,1H3. The number of halogens is 3. The van der Waals surface area contributed by atoms with Gasteiger partial charge in [-0.2, -0.15) is 0 Å². The topological polar surface area (TPSA) is 80.0 Å². The van der Waals surface area contributed by atoms with E-state index >= 15 is 0 Å². The molecule has 0 bridgehead atoms. The van der Waals surface area contributed by atoms with Crippen LogP contribution in [0.3, 0.4) is 0 Å². The summed E-state index contributed by atoms with van der Waals surface area (Å²) in [6.45, 7) is 2.48. The summed E-state index contributed by atoms with van der Waals surface area (Å²) in [6, 6.07) is 13.8. The van der Waals surface area contributed by atoms with Gasteiger partial charge in [-0.1, -0.05) is 34.8 Å². The molecule has 0 amide bonds. The van der Waals surface area contributed by atoms with Crippen molar-refractivity contribution in [3.05, 3.63) is 74.9 Å². The van der Waals surface area contributed by atoms with Crippen LogP contribution >= 0.6 is 34.8 Å². The van der Waals surface area contributed by atoms with Crippen LogP contribution in [0.25, 0.3) is 11.3 Å². The van der Waals surface area contributed by atoms with Crippen molar-refractivity contribution in [2.45, 2.75) is 32.0 Å². The molecule has 2 unspecified atom stereocenters. The summed E-state index contributed by atoms with van der Waals surface area (Å²) in [7, 11) is -3.11. The van der Waals surface area contributed by atoms with Gasteiger partial charge in [0.05, 0.1) is 23.1 Å². The number of hydrogen-bond donors (Lipinski definition) is 1. The molecule has 0 saturated carbocycles. The predicted octanol–water partition coefficient (Wildman–Crippen LogP) is 5.64. The smallest absolute Gasteiger partial charge is 0.151 e. The number of aliphatic hydroxyl groups excluding tert-OH is 1. The molecule has 4 rings (SSSR count). The molecule has 0 radical (unpaired) electrons. The predicted molar refractivity (Wildman–Crippen MR) is 139 cm³/mol. The summed E-state index contributed by atoms with van der Waals surface area (Å²) in [5, 5.41) is 12.4. The van der Waals surface area contributed by atoms with E-state index in [1.165, 1.54) is 0 Å². The van der Waals surface area contributed by atoms with Gasteiger partial charge in [0.25, 0.3) is 0 Å². The third-order valence-electron chi connectivity index (χ3n) is 5.96. The Hall–Kier alpha value is -1.74. The van der Waals surface area contributed by atoms with Crippen LogP contribution < -0.4 is 4.74 Å². The molecule has 1 saturated heterocycles. The summed E-state index contributed by atoms with van der Waals surface area (Å²) in [5.74, 6) is 1.97. The van der Waals surface area contributed by atoms with Crippen molar-refractivity contribution in [3.63, 3.8) is 0 Å². The van der Waals surface area contributed by atoms with Crippen molar-refractivity contribution in [2.24, 2.45) is 0 Å². The molecule has 1 aromatic heterocycles. The second kappa shape index (κ2) is 11.1. The molecule has 2 aromatic carbocycles. The van der Waals surface area contributed by atoms with Crippen LogP contribution in [0.15, 0.2) is 52.9 Å². The van der Waals surface area contributed by atoms with Gasteiger partial charge in [0.1, 0.15) is 30.0 Å². The van der Waals surface area contributed by atoms with Gasteiger partial charge in [-0.15, -0.1) is 0 Å². The van der Waals surface area contributed by atoms with Gasteiger partial charge in [-0.05, 0) is 67.4 Å². The minimum absolute atomic E-state index is 0.0463. The van der Waals surface area contributed by atoms with Crippen molar-refractivity contribution in [3.8, 4) is 17.1 Å². The first-order valence-electron chi connectivity index (χ1n) is 11.2. The second-order valence-electron chi connectivity index (χ2n) is 8.75. The highest BCUT2D eigenvalue weighted by Gasteiger charge is 2.33. The molecule has 0 spiro atoms. The van der Waals surface area contributed by atoms with E-state index in [-0.39, 0.29) is 30.7 Å². The summed E-state index contributed by atoms with van der Waals surface area (Å²) in [6.07, 6.45) is -0.342. The first-order valence-corrected chi connectivity index (χ1v) is 14.1. The Bertz CT molecular complexity index is 1290. The van der Waals surface area contributed by atoms with Gasteiger partial charge < -0.3 is 14.3 Å². The molecule has 1 N–H and O–H groups in total. The maximum absolute atomic E-state index is 12.1. The summed E-state index contributed by atoms with van der Waals surface area (Å²) in [4.78, 5) is 1.94. The molecule has 0 aliphatic carbocycles. The maximum atomic E-state index is 12.1. The molecule has 2 atom stereocenters. The molecule has 3 aromatic rings. The van der Waals surface area contributed by atoms with Crippen LogP contribution in [-0.2, 0) is 16.4 Å². The average Bonchev–Trinajstić information content (AvgIpc) is 3.41. The number of rotatable bonds is 9. The summed E-state index contributed by atoms with van der Waals surface area (Å²) >= 11 is 18.5. The normalized spacial score (nSPS) is 18.2. The number of hydrogen-bond acceptors (Lipinski definition) is 6. The molecular formula is C25H26Cl3NO5S. The van der Waals surface area contributed by atoms with Crippen molar-refractivity contribution in [1.29, 1.82) is 0 Å². The Labute approximate surface area is 220 Å². The number of sulfone groups is 1. The van der Waals surface area contributed by atoms with Crippen LogP contribution in [0.2, 0.25) is 15.1 Å². The van der Waals surface area contributed by atoms with Gasteiger partial charge in [-0.25, -0.2) is 8.42 Å². The minimum atomic E-state index is -3.11. The fourth-order valence-electron chi connectivity index (χ4n) is 4.12. The van der Waals surface area contributed by atoms with Gasteiger partial charge in [-0.3, -0.25) is 4.90 Å². The van der Waals surface area contributed by atoms with Crippen LogP contribution in [0.1, 0.15) is 17.7 Å². The van der Waals surface area contributed by atoms with Crippen LogP contribution in [-0.4, -0.2) is 55.2 Å². The van der Waals surface area contributed by atoms with E-state index < -0.39 is 15.9 Å². The van der Waals surface area contributed by atoms with Crippen molar-refractivity contribution >= 4 is 44.6 Å². The lowest BCUT2D eigenvalue weighted by Crippen LogP contribution is -2.42. The molecule has 10 heteroatoms. The third-order valence-corrected chi connectivity index (χ3v) is 8.70. The van der Waals surface area contributed by atoms with E-state index in [0.29, 0.717) is 50.9 Å². The van der Waals surface area contributed by atoms with Crippen molar-refractivity contribution in [2.75, 3.05) is 24.7 Å². The monoisotopic (exact) mass is 557 g/mol. The van der Waals surface area contributed by atoms with E-state index in [1.807, 2.05) is 24.0 Å². The van der Waals surface area contributed by atoms with Crippen LogP contribution in [0, 0.1) is 6.92 Å². The van der Waals surface area contributed by atoms with Crippen molar-refractivity contribution < 1.29 is 22.7 Å². The van der Waals surface area contributed by atoms with Crippen LogP contribution in [0.4, 0.5) is 0 Å². The summed E-state index contributed by atoms with van der Waals surface area (Å²) < 4.78 is 36.0. The number of furan rings is 1. The Kier molecular flexibility index (Phi) is 8.36. The average molecular weight is 559 g/mol. The molecule has 2 heterocycles. The van der Waals surface area contributed by atoms with E-state index in [9.17, 15) is 13.5 Å². The highest BCUT2D eigenvalue weighted by Crippen LogP contribution is 2.32. The number of aryl methyl sites for hydroxylation is 1. The van der Waals surface area contributed by atoms with Crippen LogP contribution in [0.5, 0.6) is 5.75 Å². The molecule has 6 nitrogen and oxygen atoms in total. The van der Waals surface area contributed by atoms with Gasteiger partial charge in [0, 0.05) is 28.2 Å². The molecule has 35 heavy (non-hydrogen) atoms. The van der Waals surface area contributed by atoms with E-state index in [2.05, 4.69) is 0 Å². The van der Waals surface area contributed by atoms with E-state index in [4.69, 9.17) is 44.0 Å². The Balaban J connectivity index is 1.46. The number of ether oxygens (including phenoxy) is 1. The van der Waals surface area contributed by atoms with Gasteiger partial charge in [0.2, 0.25) is 0 Å². The second-order valence-corrected chi connectivity index (χ2v) is 12.2. The van der Waals surface area contributed by atoms with E-state index in [1.54, 1.807) is 36.4 Å². The minimum Gasteiger partial charge on any atom is -0.491 e. The lowest BCUT2D eigenvalue weighted by molar-refractivity contribution is 0.0498. The zero-order valence-electron chi connectivity index (χ0n) is 19.1. The first kappa shape index (κ1) is 26.3. The Morgan fingerprint density at radius 3 is 2.60 bits per heavy atom. The zero-order valence-corrected chi connectivity index (χ0v) is 22.2. The van der Waals surface area contributed by atoms with Gasteiger partial charge >= 0.3 is 0 Å². The van der Waals surface area contributed by atoms with Crippen molar-refractivity contribution in [1.82, 2.24) is 4.90 Å². The third kappa shape index (κ3) is 6.94. The van der Waals surface area contributed by atoms with E-state index in [0.717, 1.165) is 5.56 Å². The fraction of sp³-hybridized carbons (Fsp3) is 0.360.